The van der Waals surface area contributed by atoms with E-state index in [0.29, 0.717) is 10.9 Å². The van der Waals surface area contributed by atoms with Crippen LogP contribution in [0.5, 0.6) is 0 Å². The maximum absolute atomic E-state index is 13.7. The van der Waals surface area contributed by atoms with Crippen molar-refractivity contribution in [2.75, 3.05) is 5.32 Å². The van der Waals surface area contributed by atoms with Crippen LogP contribution in [-0.4, -0.2) is 4.98 Å². The van der Waals surface area contributed by atoms with Crippen LogP contribution in [0.3, 0.4) is 0 Å². The van der Waals surface area contributed by atoms with E-state index < -0.39 is 5.82 Å². The number of hydrogen-bond donors (Lipinski definition) is 1. The third-order valence-corrected chi connectivity index (χ3v) is 3.78. The molecule has 0 amide bonds. The average molecular weight is 285 g/mol. The fourth-order valence-corrected chi connectivity index (χ4v) is 2.80. The molecule has 18 heavy (non-hydrogen) atoms. The summed E-state index contributed by atoms with van der Waals surface area (Å²) in [5.41, 5.74) is 0. The Morgan fingerprint density at radius 1 is 1.44 bits per heavy atom. The first-order valence-corrected chi connectivity index (χ1v) is 6.94. The first-order valence-electron chi connectivity index (χ1n) is 5.69. The van der Waals surface area contributed by atoms with Gasteiger partial charge in [-0.1, -0.05) is 31.5 Å². The van der Waals surface area contributed by atoms with Crippen molar-refractivity contribution in [1.82, 2.24) is 4.98 Å². The first-order chi connectivity index (χ1) is 8.58. The molecule has 0 saturated heterocycles. The van der Waals surface area contributed by atoms with Gasteiger partial charge in [0.2, 0.25) is 0 Å². The van der Waals surface area contributed by atoms with Crippen molar-refractivity contribution in [3.63, 3.8) is 0 Å². The van der Waals surface area contributed by atoms with Crippen molar-refractivity contribution in [1.29, 1.82) is 0 Å². The van der Waals surface area contributed by atoms with E-state index in [2.05, 4.69) is 24.1 Å². The Labute approximate surface area is 115 Å². The molecule has 2 aromatic heterocycles. The quantitative estimate of drug-likeness (QED) is 0.877. The minimum absolute atomic E-state index is 0.0492. The topological polar surface area (TPSA) is 24.9 Å². The van der Waals surface area contributed by atoms with E-state index in [1.54, 1.807) is 11.3 Å². The van der Waals surface area contributed by atoms with Crippen LogP contribution in [0.1, 0.15) is 24.8 Å². The second-order valence-corrected chi connectivity index (χ2v) is 5.78. The monoisotopic (exact) mass is 284 g/mol. The summed E-state index contributed by atoms with van der Waals surface area (Å²) in [5, 5.41) is 5.46. The highest BCUT2D eigenvalue weighted by atomic mass is 35.5. The summed E-state index contributed by atoms with van der Waals surface area (Å²) in [6.45, 7) is 4.18. The van der Waals surface area contributed by atoms with Crippen LogP contribution < -0.4 is 5.32 Å². The summed E-state index contributed by atoms with van der Waals surface area (Å²) in [4.78, 5) is 5.16. The van der Waals surface area contributed by atoms with Gasteiger partial charge in [0.25, 0.3) is 0 Å². The fraction of sp³-hybridized carbons (Fsp3) is 0.308. The molecule has 5 heteroatoms. The van der Waals surface area contributed by atoms with Crippen LogP contribution in [0, 0.1) is 11.7 Å². The normalized spacial score (nSPS) is 12.7. The lowest BCUT2D eigenvalue weighted by atomic mass is 10.0. The van der Waals surface area contributed by atoms with Gasteiger partial charge in [-0.15, -0.1) is 11.3 Å². The van der Waals surface area contributed by atoms with Crippen LogP contribution in [0.15, 0.2) is 29.8 Å². The summed E-state index contributed by atoms with van der Waals surface area (Å²) in [6, 6.07) is 5.34. The van der Waals surface area contributed by atoms with Gasteiger partial charge >= 0.3 is 0 Å². The molecule has 0 fully saturated rings. The van der Waals surface area contributed by atoms with E-state index in [1.807, 2.05) is 17.5 Å². The van der Waals surface area contributed by atoms with Crippen LogP contribution >= 0.6 is 22.9 Å². The van der Waals surface area contributed by atoms with Gasteiger partial charge in [0.1, 0.15) is 0 Å². The molecule has 0 aliphatic heterocycles. The van der Waals surface area contributed by atoms with Gasteiger partial charge < -0.3 is 5.32 Å². The largest absolute Gasteiger partial charge is 0.360 e. The zero-order valence-electron chi connectivity index (χ0n) is 10.2. The SMILES string of the molecule is CC(C)C(Nc1ncc(Cl)cc1F)c1cccs1. The van der Waals surface area contributed by atoms with Gasteiger partial charge in [-0.05, 0) is 23.4 Å². The molecule has 1 unspecified atom stereocenters. The standard InChI is InChI=1S/C13H14ClFN2S/c1-8(2)12(11-4-3-5-18-11)17-13-10(15)6-9(14)7-16-13/h3-8,12H,1-2H3,(H,16,17). The zero-order valence-corrected chi connectivity index (χ0v) is 11.7. The van der Waals surface area contributed by atoms with E-state index in [9.17, 15) is 4.39 Å². The molecule has 0 spiro atoms. The Bertz CT molecular complexity index is 514. The van der Waals surface area contributed by atoms with E-state index in [4.69, 9.17) is 11.6 Å². The highest BCUT2D eigenvalue weighted by molar-refractivity contribution is 7.10. The number of thiophene rings is 1. The first kappa shape index (κ1) is 13.3. The molecule has 2 nitrogen and oxygen atoms in total. The number of aromatic nitrogens is 1. The van der Waals surface area contributed by atoms with Gasteiger partial charge in [0.05, 0.1) is 11.1 Å². The molecule has 2 aromatic rings. The van der Waals surface area contributed by atoms with E-state index in [1.165, 1.54) is 17.1 Å². The summed E-state index contributed by atoms with van der Waals surface area (Å²) in [7, 11) is 0. The van der Waals surface area contributed by atoms with Gasteiger partial charge in [-0.25, -0.2) is 9.37 Å². The van der Waals surface area contributed by atoms with Crippen LogP contribution in [0.4, 0.5) is 10.2 Å². The van der Waals surface area contributed by atoms with E-state index in [-0.39, 0.29) is 11.9 Å². The number of halogens is 2. The van der Waals surface area contributed by atoms with Gasteiger partial charge in [0, 0.05) is 11.1 Å². The minimum atomic E-state index is -0.426. The van der Waals surface area contributed by atoms with Crippen molar-refractivity contribution < 1.29 is 4.39 Å². The fourth-order valence-electron chi connectivity index (χ4n) is 1.70. The average Bonchev–Trinajstić information content (AvgIpc) is 2.80. The lowest BCUT2D eigenvalue weighted by molar-refractivity contribution is 0.543. The molecule has 0 aliphatic carbocycles. The molecule has 96 valence electrons. The molecule has 0 bridgehead atoms. The number of nitrogens with zero attached hydrogens (tertiary/aromatic N) is 1. The third kappa shape index (κ3) is 3.00. The predicted molar refractivity (Wildman–Crippen MR) is 74.7 cm³/mol. The van der Waals surface area contributed by atoms with Crippen LogP contribution in [-0.2, 0) is 0 Å². The second kappa shape index (κ2) is 5.67. The minimum Gasteiger partial charge on any atom is -0.360 e. The zero-order chi connectivity index (χ0) is 13.1. The number of pyridine rings is 1. The maximum Gasteiger partial charge on any atom is 0.166 e. The number of rotatable bonds is 4. The molecule has 0 aliphatic rings. The smallest absolute Gasteiger partial charge is 0.166 e. The molecular weight excluding hydrogens is 271 g/mol. The molecule has 1 atom stereocenters. The van der Waals surface area contributed by atoms with Crippen LogP contribution in [0.25, 0.3) is 0 Å². The maximum atomic E-state index is 13.7. The molecule has 0 saturated carbocycles. The molecule has 0 aromatic carbocycles. The molecule has 2 rings (SSSR count). The highest BCUT2D eigenvalue weighted by Crippen LogP contribution is 2.30. The summed E-state index contributed by atoms with van der Waals surface area (Å²) < 4.78 is 13.7. The van der Waals surface area contributed by atoms with E-state index >= 15 is 0 Å². The summed E-state index contributed by atoms with van der Waals surface area (Å²) in [5.74, 6) is 0.150. The Morgan fingerprint density at radius 2 is 2.22 bits per heavy atom. The summed E-state index contributed by atoms with van der Waals surface area (Å²) >= 11 is 7.34. The Kier molecular flexibility index (Phi) is 4.19. The van der Waals surface area contributed by atoms with Gasteiger partial charge in [-0.3, -0.25) is 0 Å². The Balaban J connectivity index is 2.24. The molecule has 0 radical (unpaired) electrons. The lowest BCUT2D eigenvalue weighted by Gasteiger charge is -2.22. The lowest BCUT2D eigenvalue weighted by Crippen LogP contribution is -2.17. The third-order valence-electron chi connectivity index (χ3n) is 2.62. The van der Waals surface area contributed by atoms with Gasteiger partial charge in [0.15, 0.2) is 11.6 Å². The highest BCUT2D eigenvalue weighted by Gasteiger charge is 2.18. The molecular formula is C13H14ClFN2S. The van der Waals surface area contributed by atoms with Crippen molar-refractivity contribution in [3.05, 3.63) is 45.5 Å². The molecule has 1 N–H and O–H groups in total. The Hall–Kier alpha value is -1.13. The molecule has 2 heterocycles. The van der Waals surface area contributed by atoms with Crippen molar-refractivity contribution in [2.45, 2.75) is 19.9 Å². The Morgan fingerprint density at radius 3 is 2.78 bits per heavy atom. The van der Waals surface area contributed by atoms with Gasteiger partial charge in [-0.2, -0.15) is 0 Å². The number of nitrogens with one attached hydrogen (secondary N) is 1. The number of anilines is 1. The van der Waals surface area contributed by atoms with Crippen molar-refractivity contribution in [3.8, 4) is 0 Å². The van der Waals surface area contributed by atoms with Crippen LogP contribution in [0.2, 0.25) is 5.02 Å². The second-order valence-electron chi connectivity index (χ2n) is 4.37. The number of hydrogen-bond acceptors (Lipinski definition) is 3. The van der Waals surface area contributed by atoms with Crippen molar-refractivity contribution >= 4 is 28.8 Å². The predicted octanol–water partition coefficient (Wildman–Crippen LogP) is 4.74. The summed E-state index contributed by atoms with van der Waals surface area (Å²) in [6.07, 6.45) is 1.44. The van der Waals surface area contributed by atoms with E-state index in [0.717, 1.165) is 0 Å². The van der Waals surface area contributed by atoms with Crippen molar-refractivity contribution in [2.24, 2.45) is 5.92 Å².